The van der Waals surface area contributed by atoms with Gasteiger partial charge in [0.1, 0.15) is 0 Å². The Morgan fingerprint density at radius 2 is 1.20 bits per heavy atom. The topological polar surface area (TPSA) is 17.9 Å². The number of hydrogen-bond acceptors (Lipinski definition) is 4. The van der Waals surface area contributed by atoms with Crippen molar-refractivity contribution in [3.05, 3.63) is 101 Å². The molecule has 8 unspecified atom stereocenters. The Morgan fingerprint density at radius 1 is 0.542 bits per heavy atom. The first-order chi connectivity index (χ1) is 28.4. The average molecular weight is 802 g/mol. The fourth-order valence-electron chi connectivity index (χ4n) is 11.4. The highest BCUT2D eigenvalue weighted by molar-refractivity contribution is 5.81. The second-order valence-corrected chi connectivity index (χ2v) is 19.6. The number of nitrogens with zero attached hydrogens (tertiary/aromatic N) is 5. The predicted molar refractivity (Wildman–Crippen MR) is 256 cm³/mol. The van der Waals surface area contributed by atoms with Crippen LogP contribution in [0.15, 0.2) is 78.9 Å². The van der Waals surface area contributed by atoms with Crippen LogP contribution in [0.2, 0.25) is 0 Å². The number of hydrogen-bond donors (Lipinski definition) is 0. The number of para-hydroxylation sites is 2. The van der Waals surface area contributed by atoms with Gasteiger partial charge in [-0.2, -0.15) is 0 Å². The van der Waals surface area contributed by atoms with Crippen molar-refractivity contribution < 1.29 is 0 Å². The molecule has 4 fully saturated rings. The maximum atomic E-state index is 2.63. The fourth-order valence-corrected chi connectivity index (χ4v) is 11.4. The fraction of sp³-hybridized carbons (Fsp3) is 0.630. The van der Waals surface area contributed by atoms with Gasteiger partial charge in [-0.05, 0) is 178 Å². The molecule has 5 heterocycles. The molecule has 0 bridgehead atoms. The molecule has 2 aliphatic carbocycles. The molecule has 10 rings (SSSR count). The molecule has 0 N–H and O–H groups in total. The Kier molecular flexibility index (Phi) is 16.6. The molecule has 5 heteroatoms. The van der Waals surface area contributed by atoms with E-state index in [9.17, 15) is 0 Å². The number of rotatable bonds is 0. The van der Waals surface area contributed by atoms with Crippen LogP contribution in [-0.4, -0.2) is 84.7 Å². The molecular formula is C54H83N5. The molecule has 0 amide bonds. The van der Waals surface area contributed by atoms with Crippen molar-refractivity contribution in [3.63, 3.8) is 0 Å². The lowest BCUT2D eigenvalue weighted by Gasteiger charge is -2.45. The second-order valence-electron chi connectivity index (χ2n) is 19.6. The largest absolute Gasteiger partial charge is 0.372 e. The van der Waals surface area contributed by atoms with E-state index in [0.717, 1.165) is 35.9 Å². The summed E-state index contributed by atoms with van der Waals surface area (Å²) < 4.78 is 2.20. The summed E-state index contributed by atoms with van der Waals surface area (Å²) in [5.74, 6) is 3.14. The number of fused-ring (bicyclic) bond motifs is 5. The summed E-state index contributed by atoms with van der Waals surface area (Å²) in [4.78, 5) is 9.96. The molecule has 0 spiro atoms. The van der Waals surface area contributed by atoms with E-state index in [1.165, 1.54) is 142 Å². The summed E-state index contributed by atoms with van der Waals surface area (Å²) in [7, 11) is 11.1. The molecule has 0 radical (unpaired) electrons. The quantitative estimate of drug-likeness (QED) is 0.176. The maximum Gasteiger partial charge on any atom is 0.0479 e. The van der Waals surface area contributed by atoms with Crippen LogP contribution in [-0.2, 0) is 19.9 Å². The summed E-state index contributed by atoms with van der Waals surface area (Å²) in [5, 5.41) is 1.33. The van der Waals surface area contributed by atoms with Crippen LogP contribution in [0.5, 0.6) is 0 Å². The molecule has 5 nitrogen and oxygen atoms in total. The van der Waals surface area contributed by atoms with Gasteiger partial charge < -0.3 is 19.3 Å². The van der Waals surface area contributed by atoms with E-state index in [4.69, 9.17) is 0 Å². The van der Waals surface area contributed by atoms with Crippen LogP contribution in [0, 0.1) is 24.7 Å². The molecule has 6 aliphatic rings. The van der Waals surface area contributed by atoms with E-state index < -0.39 is 0 Å². The Balaban J connectivity index is 0.000000124. The van der Waals surface area contributed by atoms with Crippen molar-refractivity contribution in [1.82, 2.24) is 19.3 Å². The Labute approximate surface area is 361 Å². The van der Waals surface area contributed by atoms with Crippen LogP contribution >= 0.6 is 0 Å². The van der Waals surface area contributed by atoms with Gasteiger partial charge in [-0.1, -0.05) is 92.8 Å². The number of benzene rings is 3. The number of aromatic nitrogens is 1. The molecule has 1 aromatic heterocycles. The highest BCUT2D eigenvalue weighted by atomic mass is 15.2. The van der Waals surface area contributed by atoms with Gasteiger partial charge in [0.05, 0.1) is 0 Å². The number of likely N-dealkylation sites (tertiary alicyclic amines) is 2. The molecule has 3 aromatic carbocycles. The maximum absolute atomic E-state index is 2.63. The van der Waals surface area contributed by atoms with E-state index in [0.29, 0.717) is 12.1 Å². The molecule has 2 saturated heterocycles. The van der Waals surface area contributed by atoms with Gasteiger partial charge in [0.25, 0.3) is 0 Å². The lowest BCUT2D eigenvalue weighted by molar-refractivity contribution is 0.0447. The summed E-state index contributed by atoms with van der Waals surface area (Å²) in [6.07, 6.45) is 20.0. The van der Waals surface area contributed by atoms with Crippen molar-refractivity contribution in [2.45, 2.75) is 155 Å². The van der Waals surface area contributed by atoms with Crippen molar-refractivity contribution in [2.75, 3.05) is 46.2 Å². The zero-order chi connectivity index (χ0) is 42.1. The minimum atomic E-state index is 0.593. The molecule has 4 aromatic rings. The van der Waals surface area contributed by atoms with Gasteiger partial charge in [-0.3, -0.25) is 4.90 Å². The van der Waals surface area contributed by atoms with Crippen LogP contribution in [0.1, 0.15) is 133 Å². The zero-order valence-electron chi connectivity index (χ0n) is 39.2. The van der Waals surface area contributed by atoms with E-state index >= 15 is 0 Å². The third-order valence-electron chi connectivity index (χ3n) is 16.1. The van der Waals surface area contributed by atoms with Crippen molar-refractivity contribution in [3.8, 4) is 0 Å². The number of likely N-dealkylation sites (N-methyl/N-ethyl adjacent to an activating group) is 1. The van der Waals surface area contributed by atoms with Crippen LogP contribution in [0.3, 0.4) is 0 Å². The highest BCUT2D eigenvalue weighted by Crippen LogP contribution is 2.39. The number of anilines is 1. The minimum Gasteiger partial charge on any atom is -0.372 e. The SMILES string of the molecule is CC1C2CCCCC2CCN1C.CC1CCC2CCCCC2N1C.CC1CCc2ccccc2N1C.CC1c2ccccc2CCN1C.Cc1cc2ccccc2n1C. The van der Waals surface area contributed by atoms with E-state index in [2.05, 4.69) is 173 Å². The standard InChI is InChI=1S/C11H21N.C11H15N.C11H21N.C11H15N.C10H11N/c2*1-9-11-6-4-3-5-10(11)7-8-12(9)2;2*1-9-7-8-10-5-3-4-6-11(10)12(9)2;1-8-7-9-5-3-4-6-10(9)11(8)2/h9-11H,3-8H2,1-2H3;3-6,9H,7-8H2,1-2H3;9-11H,3-8H2,1-2H3;3-6,9H,7-8H2,1-2H3;3-7H,1-2H3. The molecule has 2 saturated carbocycles. The summed E-state index contributed by atoms with van der Waals surface area (Å²) in [6, 6.07) is 32.0. The predicted octanol–water partition coefficient (Wildman–Crippen LogP) is 12.4. The van der Waals surface area contributed by atoms with Gasteiger partial charge in [0.2, 0.25) is 0 Å². The number of aryl methyl sites for hydroxylation is 3. The van der Waals surface area contributed by atoms with Gasteiger partial charge in [-0.15, -0.1) is 0 Å². The molecule has 59 heavy (non-hydrogen) atoms. The molecule has 324 valence electrons. The first-order valence-electron chi connectivity index (χ1n) is 24.0. The van der Waals surface area contributed by atoms with E-state index in [-0.39, 0.29) is 0 Å². The Bertz CT molecular complexity index is 1760. The van der Waals surface area contributed by atoms with Crippen molar-refractivity contribution in [2.24, 2.45) is 24.8 Å². The van der Waals surface area contributed by atoms with Gasteiger partial charge in [0, 0.05) is 67.7 Å². The van der Waals surface area contributed by atoms with Crippen molar-refractivity contribution in [1.29, 1.82) is 0 Å². The zero-order valence-corrected chi connectivity index (χ0v) is 39.2. The molecule has 8 atom stereocenters. The van der Waals surface area contributed by atoms with Gasteiger partial charge in [0.15, 0.2) is 0 Å². The summed E-state index contributed by atoms with van der Waals surface area (Å²) >= 11 is 0. The smallest absolute Gasteiger partial charge is 0.0479 e. The van der Waals surface area contributed by atoms with E-state index in [1.54, 1.807) is 0 Å². The Hall–Kier alpha value is -3.12. The first kappa shape index (κ1) is 45.4. The third-order valence-corrected chi connectivity index (χ3v) is 16.1. The summed E-state index contributed by atoms with van der Waals surface area (Å²) in [6.45, 7) is 14.0. The normalized spacial score (nSPS) is 29.2. The van der Waals surface area contributed by atoms with Gasteiger partial charge in [-0.25, -0.2) is 0 Å². The lowest BCUT2D eigenvalue weighted by Crippen LogP contribution is -2.48. The van der Waals surface area contributed by atoms with Crippen LogP contribution in [0.25, 0.3) is 10.9 Å². The Morgan fingerprint density at radius 3 is 1.98 bits per heavy atom. The second kappa shape index (κ2) is 21.6. The van der Waals surface area contributed by atoms with Crippen molar-refractivity contribution >= 4 is 16.6 Å². The van der Waals surface area contributed by atoms with Crippen LogP contribution < -0.4 is 4.90 Å². The highest BCUT2D eigenvalue weighted by Gasteiger charge is 2.35. The first-order valence-corrected chi connectivity index (χ1v) is 24.0. The van der Waals surface area contributed by atoms with E-state index in [1.807, 2.05) is 0 Å². The summed E-state index contributed by atoms with van der Waals surface area (Å²) in [5.41, 5.74) is 8.57. The van der Waals surface area contributed by atoms with Gasteiger partial charge >= 0.3 is 0 Å². The number of piperidine rings is 2. The monoisotopic (exact) mass is 802 g/mol. The average Bonchev–Trinajstić information content (AvgIpc) is 3.56. The molecule has 4 aliphatic heterocycles. The minimum absolute atomic E-state index is 0.593. The third kappa shape index (κ3) is 11.4. The van der Waals surface area contributed by atoms with Crippen LogP contribution in [0.4, 0.5) is 5.69 Å². The lowest BCUT2D eigenvalue weighted by atomic mass is 9.71. The molecular weight excluding hydrogens is 719 g/mol.